The van der Waals surface area contributed by atoms with E-state index in [1.54, 1.807) is 6.08 Å². The molecule has 1 aromatic rings. The number of carbonyl (C=O) groups is 2. The van der Waals surface area contributed by atoms with Crippen LogP contribution in [0.4, 0.5) is 0 Å². The van der Waals surface area contributed by atoms with Crippen molar-refractivity contribution >= 4 is 18.1 Å². The highest BCUT2D eigenvalue weighted by Gasteiger charge is 2.20. The van der Waals surface area contributed by atoms with Gasteiger partial charge in [0.15, 0.2) is 11.6 Å². The van der Waals surface area contributed by atoms with Crippen LogP contribution in [0.25, 0.3) is 0 Å². The van der Waals surface area contributed by atoms with Crippen molar-refractivity contribution in [3.05, 3.63) is 83.7 Å². The van der Waals surface area contributed by atoms with Gasteiger partial charge in [0.05, 0.1) is 18.0 Å². The number of carboxylic acids is 1. The van der Waals surface area contributed by atoms with Gasteiger partial charge in [-0.25, -0.2) is 4.99 Å². The van der Waals surface area contributed by atoms with Crippen LogP contribution in [0, 0.1) is 0 Å². The van der Waals surface area contributed by atoms with E-state index in [4.69, 9.17) is 5.11 Å². The molecule has 0 aromatic heterocycles. The second-order valence-electron chi connectivity index (χ2n) is 6.58. The molecule has 30 heavy (non-hydrogen) atoms. The zero-order valence-corrected chi connectivity index (χ0v) is 16.8. The number of carbonyl (C=O) groups excluding carboxylic acids is 1. The molecule has 0 saturated carbocycles. The molecule has 1 aromatic carbocycles. The molecule has 0 radical (unpaired) electrons. The molecule has 0 unspecified atom stereocenters. The Morgan fingerprint density at radius 3 is 2.63 bits per heavy atom. The van der Waals surface area contributed by atoms with E-state index in [-0.39, 0.29) is 5.76 Å². The zero-order valence-electron chi connectivity index (χ0n) is 16.8. The first-order chi connectivity index (χ1) is 14.4. The SMILES string of the molecule is C=C/C(=C\C/C=C(/O)CC(=O)O)C1=NC(NCc2ccccc2)=C(NC=O)N(C)C1. The van der Waals surface area contributed by atoms with Crippen LogP contribution in [0.1, 0.15) is 18.4 Å². The van der Waals surface area contributed by atoms with Gasteiger partial charge in [0.2, 0.25) is 6.41 Å². The molecule has 8 nitrogen and oxygen atoms in total. The summed E-state index contributed by atoms with van der Waals surface area (Å²) in [5, 5.41) is 24.2. The van der Waals surface area contributed by atoms with Crippen molar-refractivity contribution in [3.63, 3.8) is 0 Å². The number of hydrogen-bond acceptors (Lipinski definition) is 6. The summed E-state index contributed by atoms with van der Waals surface area (Å²) in [5.74, 6) is -0.212. The molecule has 0 bridgehead atoms. The normalized spacial score (nSPS) is 14.8. The Bertz CT molecular complexity index is 901. The van der Waals surface area contributed by atoms with Gasteiger partial charge in [-0.1, -0.05) is 49.1 Å². The zero-order chi connectivity index (χ0) is 21.9. The first-order valence-electron chi connectivity index (χ1n) is 9.38. The average molecular weight is 410 g/mol. The van der Waals surface area contributed by atoms with Crippen LogP contribution in [0.5, 0.6) is 0 Å². The van der Waals surface area contributed by atoms with Gasteiger partial charge < -0.3 is 25.7 Å². The summed E-state index contributed by atoms with van der Waals surface area (Å²) in [6, 6.07) is 9.81. The van der Waals surface area contributed by atoms with Crippen molar-refractivity contribution in [2.24, 2.45) is 4.99 Å². The number of benzene rings is 1. The Morgan fingerprint density at radius 1 is 1.27 bits per heavy atom. The maximum absolute atomic E-state index is 11.0. The summed E-state index contributed by atoms with van der Waals surface area (Å²) in [5.41, 5.74) is 2.55. The minimum atomic E-state index is -1.09. The Balaban J connectivity index is 2.24. The number of amides is 1. The third-order valence-electron chi connectivity index (χ3n) is 4.31. The summed E-state index contributed by atoms with van der Waals surface area (Å²) >= 11 is 0. The maximum Gasteiger partial charge on any atom is 0.311 e. The third kappa shape index (κ3) is 6.66. The predicted molar refractivity (Wildman–Crippen MR) is 115 cm³/mol. The van der Waals surface area contributed by atoms with Gasteiger partial charge >= 0.3 is 5.97 Å². The van der Waals surface area contributed by atoms with Crippen molar-refractivity contribution in [1.82, 2.24) is 15.5 Å². The van der Waals surface area contributed by atoms with E-state index in [9.17, 15) is 14.7 Å². The molecule has 0 aliphatic carbocycles. The molecule has 0 spiro atoms. The third-order valence-corrected chi connectivity index (χ3v) is 4.31. The molecule has 1 aliphatic heterocycles. The fourth-order valence-electron chi connectivity index (χ4n) is 2.87. The monoisotopic (exact) mass is 410 g/mol. The standard InChI is InChI=1S/C22H26N4O4/c1-3-17(10-7-11-18(28)12-20(29)30)19-14-26(2)22(24-15-27)21(25-19)23-13-16-8-5-4-6-9-16/h3-6,8-11,15,23,28H,1,7,12-14H2,2H3,(H,24,27)(H,29,30)/b17-10+,18-11+. The van der Waals surface area contributed by atoms with E-state index in [0.717, 1.165) is 16.8 Å². The van der Waals surface area contributed by atoms with E-state index >= 15 is 0 Å². The molecule has 1 amide bonds. The van der Waals surface area contributed by atoms with Crippen molar-refractivity contribution < 1.29 is 19.8 Å². The minimum absolute atomic E-state index is 0.201. The van der Waals surface area contributed by atoms with Gasteiger partial charge in [-0.2, -0.15) is 0 Å². The Morgan fingerprint density at radius 2 is 2.00 bits per heavy atom. The summed E-state index contributed by atoms with van der Waals surface area (Å²) < 4.78 is 0. The fourth-order valence-corrected chi connectivity index (χ4v) is 2.87. The van der Waals surface area contributed by atoms with Crippen LogP contribution in [-0.2, 0) is 16.1 Å². The number of rotatable bonds is 11. The van der Waals surface area contributed by atoms with Gasteiger partial charge in [0, 0.05) is 13.6 Å². The highest BCUT2D eigenvalue weighted by Crippen LogP contribution is 2.17. The summed E-state index contributed by atoms with van der Waals surface area (Å²) in [4.78, 5) is 28.2. The maximum atomic E-state index is 11.0. The molecular weight excluding hydrogens is 384 g/mol. The van der Waals surface area contributed by atoms with Crippen LogP contribution in [0.3, 0.4) is 0 Å². The Hall–Kier alpha value is -3.81. The van der Waals surface area contributed by atoms with E-state index in [1.807, 2.05) is 48.4 Å². The first kappa shape index (κ1) is 22.5. The number of aliphatic hydroxyl groups excluding tert-OH is 1. The van der Waals surface area contributed by atoms with Crippen molar-refractivity contribution in [2.75, 3.05) is 13.6 Å². The molecular formula is C22H26N4O4. The summed E-state index contributed by atoms with van der Waals surface area (Å²) in [6.07, 6.45) is 5.43. The molecule has 4 N–H and O–H groups in total. The van der Waals surface area contributed by atoms with Crippen molar-refractivity contribution in [2.45, 2.75) is 19.4 Å². The molecule has 0 fully saturated rings. The molecule has 8 heteroatoms. The lowest BCUT2D eigenvalue weighted by atomic mass is 10.1. The van der Waals surface area contributed by atoms with Gasteiger partial charge in [0.25, 0.3) is 0 Å². The van der Waals surface area contributed by atoms with E-state index < -0.39 is 12.4 Å². The van der Waals surface area contributed by atoms with Crippen LogP contribution in [0.2, 0.25) is 0 Å². The van der Waals surface area contributed by atoms with E-state index in [1.165, 1.54) is 6.08 Å². The lowest BCUT2D eigenvalue weighted by Gasteiger charge is -2.29. The molecule has 0 saturated heterocycles. The minimum Gasteiger partial charge on any atom is -0.512 e. The Kier molecular flexibility index (Phi) is 8.43. The number of carboxylic acid groups (broad SMARTS) is 1. The number of allylic oxidation sites excluding steroid dienone is 3. The molecule has 1 heterocycles. The topological polar surface area (TPSA) is 114 Å². The highest BCUT2D eigenvalue weighted by molar-refractivity contribution is 6.05. The lowest BCUT2D eigenvalue weighted by molar-refractivity contribution is -0.136. The van der Waals surface area contributed by atoms with Gasteiger partial charge in [-0.15, -0.1) is 0 Å². The van der Waals surface area contributed by atoms with E-state index in [2.05, 4.69) is 22.2 Å². The van der Waals surface area contributed by atoms with Gasteiger partial charge in [-0.05, 0) is 23.6 Å². The number of hydrogen-bond donors (Lipinski definition) is 4. The number of aliphatic imine (C=N–C) groups is 1. The van der Waals surface area contributed by atoms with Crippen molar-refractivity contribution in [1.29, 1.82) is 0 Å². The number of nitrogens with zero attached hydrogens (tertiary/aromatic N) is 2. The largest absolute Gasteiger partial charge is 0.512 e. The number of aliphatic carboxylic acids is 1. The number of aliphatic hydroxyl groups is 1. The van der Waals surface area contributed by atoms with E-state index in [0.29, 0.717) is 37.6 Å². The van der Waals surface area contributed by atoms with Gasteiger partial charge in [0.1, 0.15) is 6.42 Å². The van der Waals surface area contributed by atoms with Crippen LogP contribution in [-0.4, -0.2) is 46.8 Å². The molecule has 2 rings (SSSR count). The first-order valence-corrected chi connectivity index (χ1v) is 9.38. The highest BCUT2D eigenvalue weighted by atomic mass is 16.4. The van der Waals surface area contributed by atoms with Crippen molar-refractivity contribution in [3.8, 4) is 0 Å². The lowest BCUT2D eigenvalue weighted by Crippen LogP contribution is -2.39. The molecule has 158 valence electrons. The van der Waals surface area contributed by atoms with Crippen LogP contribution in [0.15, 0.2) is 83.1 Å². The van der Waals surface area contributed by atoms with Gasteiger partial charge in [-0.3, -0.25) is 9.59 Å². The average Bonchev–Trinajstić information content (AvgIpc) is 2.72. The summed E-state index contributed by atoms with van der Waals surface area (Å²) in [7, 11) is 1.84. The number of nitrogens with one attached hydrogen (secondary N) is 2. The second kappa shape index (κ2) is 11.3. The smallest absolute Gasteiger partial charge is 0.311 e. The molecule has 0 atom stereocenters. The van der Waals surface area contributed by atoms with Crippen LogP contribution >= 0.6 is 0 Å². The Labute approximate surface area is 175 Å². The molecule has 1 aliphatic rings. The quantitative estimate of drug-likeness (QED) is 0.253. The summed E-state index contributed by atoms with van der Waals surface area (Å²) in [6.45, 7) is 4.80. The second-order valence-corrected chi connectivity index (χ2v) is 6.58. The predicted octanol–water partition coefficient (Wildman–Crippen LogP) is 2.45. The van der Waals surface area contributed by atoms with Crippen LogP contribution < -0.4 is 10.6 Å². The fraction of sp³-hybridized carbons (Fsp3) is 0.227.